The summed E-state index contributed by atoms with van der Waals surface area (Å²) < 4.78 is 4.72. The lowest BCUT2D eigenvalue weighted by Gasteiger charge is -2.45. The van der Waals surface area contributed by atoms with Crippen LogP contribution < -0.4 is 0 Å². The quantitative estimate of drug-likeness (QED) is 0.628. The first-order chi connectivity index (χ1) is 12.2. The number of ketones is 1. The number of phenols is 1. The molecule has 0 aliphatic heterocycles. The van der Waals surface area contributed by atoms with Crippen LogP contribution in [0.1, 0.15) is 57.5 Å². The molecule has 0 saturated heterocycles. The van der Waals surface area contributed by atoms with Crippen LogP contribution in [0.4, 0.5) is 0 Å². The Labute approximate surface area is 156 Å². The average Bonchev–Trinajstić information content (AvgIpc) is 2.57. The van der Waals surface area contributed by atoms with Crippen molar-refractivity contribution in [1.29, 1.82) is 0 Å². The molecule has 2 N–H and O–H groups in total. The molecule has 26 heavy (non-hydrogen) atoms. The van der Waals surface area contributed by atoms with E-state index < -0.39 is 11.6 Å². The first-order valence-corrected chi connectivity index (χ1v) is 8.57. The van der Waals surface area contributed by atoms with Crippen molar-refractivity contribution in [2.45, 2.75) is 31.3 Å². The van der Waals surface area contributed by atoms with Crippen LogP contribution in [0.5, 0.6) is 5.75 Å². The number of carbonyl (C=O) groups excluding carboxylic acids is 2. The van der Waals surface area contributed by atoms with E-state index in [1.54, 1.807) is 24.3 Å². The van der Waals surface area contributed by atoms with Gasteiger partial charge in [-0.05, 0) is 55.5 Å². The van der Waals surface area contributed by atoms with E-state index in [-0.39, 0.29) is 23.0 Å². The van der Waals surface area contributed by atoms with Crippen molar-refractivity contribution in [3.8, 4) is 5.75 Å². The number of methoxy groups -OCH3 is 1. The van der Waals surface area contributed by atoms with Crippen LogP contribution in [0.25, 0.3) is 0 Å². The molecule has 0 aromatic heterocycles. The number of aromatic hydroxyl groups is 1. The number of benzene rings is 2. The van der Waals surface area contributed by atoms with E-state index in [0.29, 0.717) is 29.0 Å². The molecule has 1 aliphatic carbocycles. The van der Waals surface area contributed by atoms with Crippen molar-refractivity contribution >= 4 is 23.4 Å². The van der Waals surface area contributed by atoms with Gasteiger partial charge in [0.2, 0.25) is 0 Å². The predicted molar refractivity (Wildman–Crippen MR) is 96.8 cm³/mol. The third-order valence-electron chi connectivity index (χ3n) is 4.92. The van der Waals surface area contributed by atoms with Gasteiger partial charge in [0.05, 0.1) is 23.3 Å². The molecule has 5 nitrogen and oxygen atoms in total. The van der Waals surface area contributed by atoms with Gasteiger partial charge in [0.1, 0.15) is 5.75 Å². The van der Waals surface area contributed by atoms with E-state index in [1.165, 1.54) is 26.2 Å². The Bertz CT molecular complexity index is 884. The third kappa shape index (κ3) is 3.20. The Morgan fingerprint density at radius 2 is 1.85 bits per heavy atom. The largest absolute Gasteiger partial charge is 0.508 e. The van der Waals surface area contributed by atoms with Crippen molar-refractivity contribution in [2.24, 2.45) is 0 Å². The van der Waals surface area contributed by atoms with Crippen LogP contribution in [0, 0.1) is 0 Å². The van der Waals surface area contributed by atoms with Gasteiger partial charge in [0.15, 0.2) is 5.78 Å². The molecule has 1 saturated carbocycles. The van der Waals surface area contributed by atoms with Crippen molar-refractivity contribution < 1.29 is 24.5 Å². The number of phenolic OH excluding ortho intramolecular Hbond substituents is 1. The highest BCUT2D eigenvalue weighted by molar-refractivity contribution is 6.31. The van der Waals surface area contributed by atoms with Gasteiger partial charge in [-0.15, -0.1) is 0 Å². The molecule has 0 unspecified atom stereocenters. The molecule has 0 radical (unpaired) electrons. The summed E-state index contributed by atoms with van der Waals surface area (Å²) in [6, 6.07) is 9.57. The van der Waals surface area contributed by atoms with Crippen molar-refractivity contribution in [1.82, 2.24) is 0 Å². The number of Topliss-reactive ketones (excluding diaryl/α,β-unsaturated/α-hetero) is 1. The van der Waals surface area contributed by atoms with Gasteiger partial charge in [-0.1, -0.05) is 23.7 Å². The Kier molecular flexibility index (Phi) is 4.78. The van der Waals surface area contributed by atoms with Crippen LogP contribution in [-0.2, 0) is 10.3 Å². The predicted octanol–water partition coefficient (Wildman–Crippen LogP) is 3.80. The molecule has 136 valence electrons. The molecule has 2 aromatic rings. The lowest BCUT2D eigenvalue weighted by atomic mass is 9.64. The van der Waals surface area contributed by atoms with Crippen molar-refractivity contribution in [3.63, 3.8) is 0 Å². The molecule has 0 spiro atoms. The molecule has 0 atom stereocenters. The number of hydrogen-bond acceptors (Lipinski definition) is 5. The minimum atomic E-state index is -1.08. The first-order valence-electron chi connectivity index (χ1n) is 8.20. The highest BCUT2D eigenvalue weighted by Gasteiger charge is 2.45. The van der Waals surface area contributed by atoms with E-state index in [0.717, 1.165) is 5.56 Å². The van der Waals surface area contributed by atoms with Crippen LogP contribution in [-0.4, -0.2) is 29.1 Å². The van der Waals surface area contributed by atoms with Gasteiger partial charge in [-0.2, -0.15) is 0 Å². The maximum absolute atomic E-state index is 11.9. The van der Waals surface area contributed by atoms with Crippen molar-refractivity contribution in [2.75, 3.05) is 7.11 Å². The first kappa shape index (κ1) is 18.4. The number of rotatable bonds is 4. The maximum atomic E-state index is 11.9. The third-order valence-corrected chi connectivity index (χ3v) is 5.23. The molecule has 2 aromatic carbocycles. The zero-order valence-electron chi connectivity index (χ0n) is 14.5. The van der Waals surface area contributed by atoms with Crippen LogP contribution in [0.3, 0.4) is 0 Å². The lowest BCUT2D eigenvalue weighted by Crippen LogP contribution is -2.40. The van der Waals surface area contributed by atoms with E-state index in [9.17, 15) is 19.8 Å². The highest BCUT2D eigenvalue weighted by Crippen LogP contribution is 2.52. The number of aliphatic hydroxyl groups is 1. The summed E-state index contributed by atoms with van der Waals surface area (Å²) in [6.45, 7) is 1.40. The van der Waals surface area contributed by atoms with Crippen molar-refractivity contribution in [3.05, 3.63) is 63.7 Å². The zero-order chi connectivity index (χ0) is 19.1. The summed E-state index contributed by atoms with van der Waals surface area (Å²) in [5, 5.41) is 20.6. The zero-order valence-corrected chi connectivity index (χ0v) is 15.2. The summed E-state index contributed by atoms with van der Waals surface area (Å²) in [7, 11) is 1.27. The van der Waals surface area contributed by atoms with E-state index in [4.69, 9.17) is 16.3 Å². The summed E-state index contributed by atoms with van der Waals surface area (Å²) in [5.74, 6) is -0.691. The fourth-order valence-electron chi connectivity index (χ4n) is 3.49. The van der Waals surface area contributed by atoms with E-state index in [1.807, 2.05) is 0 Å². The number of hydrogen-bond donors (Lipinski definition) is 2. The molecule has 1 fully saturated rings. The second-order valence-electron chi connectivity index (χ2n) is 6.65. The Balaban J connectivity index is 1.85. The van der Waals surface area contributed by atoms with Crippen LogP contribution >= 0.6 is 11.6 Å². The number of ether oxygens (including phenoxy) is 1. The Morgan fingerprint density at radius 3 is 2.42 bits per heavy atom. The molecule has 6 heteroatoms. The molecule has 1 aliphatic rings. The second kappa shape index (κ2) is 6.74. The fraction of sp³-hybridized carbons (Fsp3) is 0.300. The van der Waals surface area contributed by atoms with Gasteiger partial charge in [-0.3, -0.25) is 4.79 Å². The minimum absolute atomic E-state index is 0.0367. The summed E-state index contributed by atoms with van der Waals surface area (Å²) in [6.07, 6.45) is 0.874. The molecule has 0 bridgehead atoms. The number of carbonyl (C=O) groups is 2. The van der Waals surface area contributed by atoms with Crippen LogP contribution in [0.2, 0.25) is 5.02 Å². The minimum Gasteiger partial charge on any atom is -0.508 e. The van der Waals surface area contributed by atoms with Gasteiger partial charge in [-0.25, -0.2) is 4.79 Å². The van der Waals surface area contributed by atoms with Gasteiger partial charge >= 0.3 is 5.97 Å². The number of halogens is 1. The van der Waals surface area contributed by atoms with Gasteiger partial charge < -0.3 is 14.9 Å². The average molecular weight is 375 g/mol. The smallest absolute Gasteiger partial charge is 0.338 e. The fourth-order valence-corrected chi connectivity index (χ4v) is 3.84. The molecular weight excluding hydrogens is 356 g/mol. The second-order valence-corrected chi connectivity index (χ2v) is 7.06. The lowest BCUT2D eigenvalue weighted by molar-refractivity contribution is -0.0549. The summed E-state index contributed by atoms with van der Waals surface area (Å²) in [5.41, 5.74) is 0.924. The molecule has 0 amide bonds. The molecule has 0 heterocycles. The van der Waals surface area contributed by atoms with E-state index in [2.05, 4.69) is 0 Å². The summed E-state index contributed by atoms with van der Waals surface area (Å²) in [4.78, 5) is 23.7. The maximum Gasteiger partial charge on any atom is 0.338 e. The Morgan fingerprint density at radius 1 is 1.15 bits per heavy atom. The Hall–Kier alpha value is -2.37. The van der Waals surface area contributed by atoms with Crippen LogP contribution in [0.15, 0.2) is 36.4 Å². The number of esters is 1. The monoisotopic (exact) mass is 374 g/mol. The topological polar surface area (TPSA) is 83.8 Å². The molecular formula is C20H19ClO5. The highest BCUT2D eigenvalue weighted by atomic mass is 35.5. The van der Waals surface area contributed by atoms with Gasteiger partial charge in [0.25, 0.3) is 0 Å². The normalized spacial score (nSPS) is 21.8. The van der Waals surface area contributed by atoms with Gasteiger partial charge in [0, 0.05) is 11.1 Å². The SMILES string of the molecule is COC(=O)c1ccc(C2CC(O)(c3ccc(O)cc3Cl)C2)cc1C(C)=O. The summed E-state index contributed by atoms with van der Waals surface area (Å²) >= 11 is 6.14. The van der Waals surface area contributed by atoms with E-state index >= 15 is 0 Å². The standard InChI is InChI=1S/C20H19ClO5/c1-11(22)16-7-12(3-5-15(16)19(24)26-2)13-9-20(25,10-13)17-6-4-14(23)8-18(17)21/h3-8,13,23,25H,9-10H2,1-2H3. The molecule has 3 rings (SSSR count).